The number of benzene rings is 1. The molecule has 0 fully saturated rings. The summed E-state index contributed by atoms with van der Waals surface area (Å²) >= 11 is 1.56. The lowest BCUT2D eigenvalue weighted by molar-refractivity contribution is 0.100. The molecule has 3 N–H and O–H groups in total. The van der Waals surface area contributed by atoms with Crippen molar-refractivity contribution in [1.29, 1.82) is 0 Å². The Morgan fingerprint density at radius 1 is 1.28 bits per heavy atom. The quantitative estimate of drug-likeness (QED) is 0.782. The Bertz CT molecular complexity index is 508. The fraction of sp³-hybridized carbons (Fsp3) is 0.214. The SMILES string of the molecule is NC(=O)c1csc(CNCCc2ccccc2)c1. The van der Waals surface area contributed by atoms with Crippen LogP contribution in [0.25, 0.3) is 0 Å². The van der Waals surface area contributed by atoms with Crippen molar-refractivity contribution in [3.63, 3.8) is 0 Å². The van der Waals surface area contributed by atoms with Crippen molar-refractivity contribution in [1.82, 2.24) is 5.32 Å². The molecule has 0 unspecified atom stereocenters. The van der Waals surface area contributed by atoms with Gasteiger partial charge in [-0.1, -0.05) is 30.3 Å². The third-order valence-corrected chi connectivity index (χ3v) is 3.61. The number of thiophene rings is 1. The van der Waals surface area contributed by atoms with Gasteiger partial charge in [0.05, 0.1) is 5.56 Å². The second kappa shape index (κ2) is 6.33. The van der Waals surface area contributed by atoms with Gasteiger partial charge in [0.1, 0.15) is 0 Å². The molecule has 2 rings (SSSR count). The Labute approximate surface area is 111 Å². The minimum Gasteiger partial charge on any atom is -0.366 e. The molecular formula is C14H16N2OS. The van der Waals surface area contributed by atoms with Crippen LogP contribution in [0.1, 0.15) is 20.8 Å². The third kappa shape index (κ3) is 3.68. The van der Waals surface area contributed by atoms with Gasteiger partial charge in [-0.2, -0.15) is 0 Å². The minimum absolute atomic E-state index is 0.359. The lowest BCUT2D eigenvalue weighted by Crippen LogP contribution is -2.16. The summed E-state index contributed by atoms with van der Waals surface area (Å²) in [5.41, 5.74) is 7.13. The van der Waals surface area contributed by atoms with Gasteiger partial charge in [-0.3, -0.25) is 4.79 Å². The van der Waals surface area contributed by atoms with E-state index in [1.54, 1.807) is 16.7 Å². The van der Waals surface area contributed by atoms with Gasteiger partial charge in [0.2, 0.25) is 5.91 Å². The van der Waals surface area contributed by atoms with E-state index in [1.165, 1.54) is 5.56 Å². The first-order valence-corrected chi connectivity index (χ1v) is 6.75. The number of hydrogen-bond acceptors (Lipinski definition) is 3. The molecule has 0 atom stereocenters. The molecule has 1 aromatic heterocycles. The average molecular weight is 260 g/mol. The average Bonchev–Trinajstić information content (AvgIpc) is 2.85. The topological polar surface area (TPSA) is 55.1 Å². The zero-order valence-corrected chi connectivity index (χ0v) is 10.9. The molecular weight excluding hydrogens is 244 g/mol. The molecule has 0 saturated carbocycles. The van der Waals surface area contributed by atoms with E-state index < -0.39 is 0 Å². The van der Waals surface area contributed by atoms with Gasteiger partial charge >= 0.3 is 0 Å². The van der Waals surface area contributed by atoms with Crippen molar-refractivity contribution < 1.29 is 4.79 Å². The maximum atomic E-state index is 10.9. The largest absolute Gasteiger partial charge is 0.366 e. The molecule has 1 amide bonds. The lowest BCUT2D eigenvalue weighted by atomic mass is 10.1. The molecule has 0 aliphatic rings. The zero-order chi connectivity index (χ0) is 12.8. The number of nitrogens with one attached hydrogen (secondary N) is 1. The predicted molar refractivity (Wildman–Crippen MR) is 74.7 cm³/mol. The Morgan fingerprint density at radius 2 is 2.06 bits per heavy atom. The van der Waals surface area contributed by atoms with Crippen molar-refractivity contribution in [2.45, 2.75) is 13.0 Å². The molecule has 0 radical (unpaired) electrons. The molecule has 0 spiro atoms. The molecule has 0 aliphatic heterocycles. The fourth-order valence-corrected chi connectivity index (χ4v) is 2.53. The highest BCUT2D eigenvalue weighted by Crippen LogP contribution is 2.13. The summed E-state index contributed by atoms with van der Waals surface area (Å²) in [6.07, 6.45) is 1.01. The van der Waals surface area contributed by atoms with Crippen LogP contribution in [-0.4, -0.2) is 12.5 Å². The van der Waals surface area contributed by atoms with Gasteiger partial charge in [-0.25, -0.2) is 0 Å². The van der Waals surface area contributed by atoms with Crippen molar-refractivity contribution in [2.75, 3.05) is 6.54 Å². The monoisotopic (exact) mass is 260 g/mol. The second-order valence-electron chi connectivity index (χ2n) is 4.08. The van der Waals surface area contributed by atoms with Crippen LogP contribution in [0.4, 0.5) is 0 Å². The second-order valence-corrected chi connectivity index (χ2v) is 5.07. The van der Waals surface area contributed by atoms with E-state index in [-0.39, 0.29) is 5.91 Å². The van der Waals surface area contributed by atoms with Gasteiger partial charge in [0, 0.05) is 16.8 Å². The molecule has 1 heterocycles. The molecule has 18 heavy (non-hydrogen) atoms. The van der Waals surface area contributed by atoms with Crippen molar-refractivity contribution in [3.05, 3.63) is 57.8 Å². The number of hydrogen-bond donors (Lipinski definition) is 2. The van der Waals surface area contributed by atoms with Crippen LogP contribution in [0, 0.1) is 0 Å². The van der Waals surface area contributed by atoms with E-state index in [2.05, 4.69) is 17.4 Å². The number of nitrogens with two attached hydrogens (primary N) is 1. The molecule has 0 saturated heterocycles. The normalized spacial score (nSPS) is 10.4. The highest BCUT2D eigenvalue weighted by atomic mass is 32.1. The van der Waals surface area contributed by atoms with Crippen LogP contribution in [0.3, 0.4) is 0 Å². The number of primary amides is 1. The lowest BCUT2D eigenvalue weighted by Gasteiger charge is -2.03. The van der Waals surface area contributed by atoms with E-state index in [0.29, 0.717) is 5.56 Å². The van der Waals surface area contributed by atoms with Gasteiger partial charge in [0.25, 0.3) is 0 Å². The molecule has 0 aliphatic carbocycles. The van der Waals surface area contributed by atoms with Crippen LogP contribution in [-0.2, 0) is 13.0 Å². The Balaban J connectivity index is 1.73. The minimum atomic E-state index is -0.359. The summed E-state index contributed by atoms with van der Waals surface area (Å²) in [6.45, 7) is 1.71. The first kappa shape index (κ1) is 12.8. The summed E-state index contributed by atoms with van der Waals surface area (Å²) in [5, 5.41) is 5.16. The Hall–Kier alpha value is -1.65. The van der Waals surface area contributed by atoms with E-state index in [9.17, 15) is 4.79 Å². The first-order valence-electron chi connectivity index (χ1n) is 5.87. The van der Waals surface area contributed by atoms with Gasteiger partial charge in [-0.05, 0) is 24.6 Å². The molecule has 3 nitrogen and oxygen atoms in total. The molecule has 4 heteroatoms. The zero-order valence-electron chi connectivity index (χ0n) is 10.1. The van der Waals surface area contributed by atoms with Crippen LogP contribution >= 0.6 is 11.3 Å². The van der Waals surface area contributed by atoms with Gasteiger partial charge in [0.15, 0.2) is 0 Å². The fourth-order valence-electron chi connectivity index (χ4n) is 1.69. The van der Waals surface area contributed by atoms with Crippen LogP contribution in [0.2, 0.25) is 0 Å². The van der Waals surface area contributed by atoms with E-state index in [0.717, 1.165) is 24.4 Å². The third-order valence-electron chi connectivity index (χ3n) is 2.67. The molecule has 94 valence electrons. The maximum absolute atomic E-state index is 10.9. The number of carbonyl (C=O) groups is 1. The summed E-state index contributed by atoms with van der Waals surface area (Å²) in [6, 6.07) is 12.2. The number of rotatable bonds is 6. The summed E-state index contributed by atoms with van der Waals surface area (Å²) in [7, 11) is 0. The molecule has 2 aromatic rings. The van der Waals surface area contributed by atoms with Crippen molar-refractivity contribution in [3.8, 4) is 0 Å². The predicted octanol–water partition coefficient (Wildman–Crippen LogP) is 2.18. The van der Waals surface area contributed by atoms with Crippen molar-refractivity contribution in [2.24, 2.45) is 5.73 Å². The number of amides is 1. The Morgan fingerprint density at radius 3 is 2.72 bits per heavy atom. The Kier molecular flexibility index (Phi) is 4.50. The number of carbonyl (C=O) groups excluding carboxylic acids is 1. The highest BCUT2D eigenvalue weighted by Gasteiger charge is 2.03. The first-order chi connectivity index (χ1) is 8.75. The van der Waals surface area contributed by atoms with E-state index >= 15 is 0 Å². The summed E-state index contributed by atoms with van der Waals surface area (Å²) in [4.78, 5) is 12.1. The van der Waals surface area contributed by atoms with Crippen LogP contribution < -0.4 is 11.1 Å². The van der Waals surface area contributed by atoms with Gasteiger partial charge < -0.3 is 11.1 Å². The highest BCUT2D eigenvalue weighted by molar-refractivity contribution is 7.10. The summed E-state index contributed by atoms with van der Waals surface area (Å²) < 4.78 is 0. The molecule has 0 bridgehead atoms. The standard InChI is InChI=1S/C14H16N2OS/c15-14(17)12-8-13(18-10-12)9-16-7-6-11-4-2-1-3-5-11/h1-5,8,10,16H,6-7,9H2,(H2,15,17). The van der Waals surface area contributed by atoms with Crippen LogP contribution in [0.15, 0.2) is 41.8 Å². The van der Waals surface area contributed by atoms with E-state index in [1.807, 2.05) is 24.3 Å². The van der Waals surface area contributed by atoms with Gasteiger partial charge in [-0.15, -0.1) is 11.3 Å². The van der Waals surface area contributed by atoms with Crippen molar-refractivity contribution >= 4 is 17.2 Å². The molecule has 1 aromatic carbocycles. The van der Waals surface area contributed by atoms with E-state index in [4.69, 9.17) is 5.73 Å². The van der Waals surface area contributed by atoms with Crippen LogP contribution in [0.5, 0.6) is 0 Å². The summed E-state index contributed by atoms with van der Waals surface area (Å²) in [5.74, 6) is -0.359. The maximum Gasteiger partial charge on any atom is 0.249 e. The smallest absolute Gasteiger partial charge is 0.249 e.